The van der Waals surface area contributed by atoms with Crippen LogP contribution >= 0.6 is 0 Å². The normalized spacial score (nSPS) is 16.9. The molecule has 1 aromatic rings. The molecule has 0 bridgehead atoms. The Kier molecular flexibility index (Phi) is 4.59. The molecular weight excluding hydrogens is 238 g/mol. The summed E-state index contributed by atoms with van der Waals surface area (Å²) in [6, 6.07) is 8.30. The maximum atomic E-state index is 12.1. The molecule has 104 valence electrons. The van der Waals surface area contributed by atoms with Crippen molar-refractivity contribution in [3.8, 4) is 0 Å². The fourth-order valence-electron chi connectivity index (χ4n) is 2.42. The Morgan fingerprint density at radius 1 is 1.26 bits per heavy atom. The first-order valence-corrected chi connectivity index (χ1v) is 7.11. The van der Waals surface area contributed by atoms with Gasteiger partial charge in [0, 0.05) is 13.1 Å². The minimum absolute atomic E-state index is 0.171. The highest BCUT2D eigenvalue weighted by Gasteiger charge is 2.21. The molecule has 1 saturated heterocycles. The van der Waals surface area contributed by atoms with Gasteiger partial charge in [-0.15, -0.1) is 0 Å². The smallest absolute Gasteiger partial charge is 0.226 e. The number of hydrogen-bond acceptors (Lipinski definition) is 2. The van der Waals surface area contributed by atoms with Crippen LogP contribution < -0.4 is 0 Å². The molecule has 1 amide bonds. The molecule has 0 spiro atoms. The van der Waals surface area contributed by atoms with Crippen LogP contribution in [-0.2, 0) is 11.2 Å². The zero-order valence-corrected chi connectivity index (χ0v) is 11.8. The molecule has 2 rings (SSSR count). The molecular formula is C16H23NO2. The summed E-state index contributed by atoms with van der Waals surface area (Å²) in [7, 11) is 0. The van der Waals surface area contributed by atoms with Crippen molar-refractivity contribution in [3.63, 3.8) is 0 Å². The number of aliphatic hydroxyl groups excluding tert-OH is 1. The molecule has 19 heavy (non-hydrogen) atoms. The van der Waals surface area contributed by atoms with Crippen molar-refractivity contribution in [2.24, 2.45) is 0 Å². The maximum Gasteiger partial charge on any atom is 0.226 e. The van der Waals surface area contributed by atoms with E-state index in [1.54, 1.807) is 0 Å². The van der Waals surface area contributed by atoms with Gasteiger partial charge in [0.1, 0.15) is 0 Å². The molecule has 0 saturated carbocycles. The van der Waals surface area contributed by atoms with Gasteiger partial charge in [-0.3, -0.25) is 4.79 Å². The first-order chi connectivity index (χ1) is 9.06. The third-order valence-electron chi connectivity index (χ3n) is 3.82. The van der Waals surface area contributed by atoms with Crippen molar-refractivity contribution in [2.75, 3.05) is 13.1 Å². The molecule has 0 aliphatic carbocycles. The molecule has 0 unspecified atom stereocenters. The van der Waals surface area contributed by atoms with Gasteiger partial charge in [-0.05, 0) is 29.9 Å². The molecule has 1 N–H and O–H groups in total. The van der Waals surface area contributed by atoms with Crippen LogP contribution in [-0.4, -0.2) is 35.1 Å². The Morgan fingerprint density at radius 3 is 2.37 bits per heavy atom. The monoisotopic (exact) mass is 261 g/mol. The van der Waals surface area contributed by atoms with Gasteiger partial charge in [-0.1, -0.05) is 38.1 Å². The summed E-state index contributed by atoms with van der Waals surface area (Å²) in [5, 5.41) is 9.44. The van der Waals surface area contributed by atoms with Crippen molar-refractivity contribution >= 4 is 5.91 Å². The van der Waals surface area contributed by atoms with Gasteiger partial charge in [0.25, 0.3) is 0 Å². The summed E-state index contributed by atoms with van der Waals surface area (Å²) in [5.74, 6) is 0.692. The zero-order chi connectivity index (χ0) is 13.8. The van der Waals surface area contributed by atoms with E-state index >= 15 is 0 Å². The second-order valence-electron chi connectivity index (χ2n) is 5.69. The summed E-state index contributed by atoms with van der Waals surface area (Å²) >= 11 is 0. The van der Waals surface area contributed by atoms with Gasteiger partial charge >= 0.3 is 0 Å². The summed E-state index contributed by atoms with van der Waals surface area (Å²) in [4.78, 5) is 14.0. The molecule has 1 heterocycles. The van der Waals surface area contributed by atoms with Crippen molar-refractivity contribution < 1.29 is 9.90 Å². The number of hydrogen-bond donors (Lipinski definition) is 1. The third-order valence-corrected chi connectivity index (χ3v) is 3.82. The van der Waals surface area contributed by atoms with Crippen molar-refractivity contribution in [2.45, 2.75) is 45.1 Å². The minimum Gasteiger partial charge on any atom is -0.393 e. The number of benzene rings is 1. The molecule has 1 aliphatic rings. The first-order valence-electron chi connectivity index (χ1n) is 7.11. The molecule has 1 fully saturated rings. The Balaban J connectivity index is 1.91. The van der Waals surface area contributed by atoms with Crippen LogP contribution in [0.15, 0.2) is 24.3 Å². The SMILES string of the molecule is CC(C)c1ccc(CC(=O)N2CCC(O)CC2)cc1. The number of likely N-dealkylation sites (tertiary alicyclic amines) is 1. The number of carbonyl (C=O) groups excluding carboxylic acids is 1. The quantitative estimate of drug-likeness (QED) is 0.907. The van der Waals surface area contributed by atoms with Crippen LogP contribution in [0.1, 0.15) is 43.7 Å². The molecule has 1 aromatic carbocycles. The van der Waals surface area contributed by atoms with Gasteiger partial charge < -0.3 is 10.0 Å². The fourth-order valence-corrected chi connectivity index (χ4v) is 2.42. The highest BCUT2D eigenvalue weighted by Crippen LogP contribution is 2.16. The fraction of sp³-hybridized carbons (Fsp3) is 0.562. The molecule has 3 heteroatoms. The van der Waals surface area contributed by atoms with Crippen LogP contribution in [0.25, 0.3) is 0 Å². The number of carbonyl (C=O) groups is 1. The Hall–Kier alpha value is -1.35. The van der Waals surface area contributed by atoms with Crippen LogP contribution in [0, 0.1) is 0 Å². The second kappa shape index (κ2) is 6.20. The lowest BCUT2D eigenvalue weighted by Gasteiger charge is -2.29. The van der Waals surface area contributed by atoms with E-state index in [0.717, 1.165) is 5.56 Å². The second-order valence-corrected chi connectivity index (χ2v) is 5.69. The van der Waals surface area contributed by atoms with Gasteiger partial charge in [-0.25, -0.2) is 0 Å². The van der Waals surface area contributed by atoms with Crippen LogP contribution in [0.5, 0.6) is 0 Å². The highest BCUT2D eigenvalue weighted by molar-refractivity contribution is 5.78. The van der Waals surface area contributed by atoms with E-state index in [1.165, 1.54) is 5.56 Å². The number of rotatable bonds is 3. The number of aliphatic hydroxyl groups is 1. The maximum absolute atomic E-state index is 12.1. The van der Waals surface area contributed by atoms with E-state index in [4.69, 9.17) is 0 Å². The van der Waals surface area contributed by atoms with Crippen LogP contribution in [0.4, 0.5) is 0 Å². The summed E-state index contributed by atoms with van der Waals surface area (Å²) < 4.78 is 0. The summed E-state index contributed by atoms with van der Waals surface area (Å²) in [6.45, 7) is 5.70. The summed E-state index contributed by atoms with van der Waals surface area (Å²) in [5.41, 5.74) is 2.37. The van der Waals surface area contributed by atoms with Gasteiger partial charge in [-0.2, -0.15) is 0 Å². The zero-order valence-electron chi connectivity index (χ0n) is 11.8. The number of amides is 1. The van der Waals surface area contributed by atoms with E-state index in [1.807, 2.05) is 17.0 Å². The van der Waals surface area contributed by atoms with Gasteiger partial charge in [0.15, 0.2) is 0 Å². The van der Waals surface area contributed by atoms with E-state index in [2.05, 4.69) is 26.0 Å². The van der Waals surface area contributed by atoms with Crippen molar-refractivity contribution in [1.82, 2.24) is 4.90 Å². The largest absolute Gasteiger partial charge is 0.393 e. The molecule has 3 nitrogen and oxygen atoms in total. The van der Waals surface area contributed by atoms with Gasteiger partial charge in [0.05, 0.1) is 12.5 Å². The predicted octanol–water partition coefficient (Wildman–Crippen LogP) is 2.34. The topological polar surface area (TPSA) is 40.5 Å². The third kappa shape index (κ3) is 3.80. The minimum atomic E-state index is -0.227. The van der Waals surface area contributed by atoms with Crippen molar-refractivity contribution in [1.29, 1.82) is 0 Å². The van der Waals surface area contributed by atoms with Crippen LogP contribution in [0.2, 0.25) is 0 Å². The van der Waals surface area contributed by atoms with Crippen LogP contribution in [0.3, 0.4) is 0 Å². The molecule has 1 aliphatic heterocycles. The Morgan fingerprint density at radius 2 is 1.84 bits per heavy atom. The number of nitrogens with zero attached hydrogens (tertiary/aromatic N) is 1. The average molecular weight is 261 g/mol. The standard InChI is InChI=1S/C16H23NO2/c1-12(2)14-5-3-13(4-6-14)11-16(19)17-9-7-15(18)8-10-17/h3-6,12,15,18H,7-11H2,1-2H3. The molecule has 0 atom stereocenters. The lowest BCUT2D eigenvalue weighted by atomic mass is 10.0. The Labute approximate surface area is 115 Å². The van der Waals surface area contributed by atoms with Crippen molar-refractivity contribution in [3.05, 3.63) is 35.4 Å². The average Bonchev–Trinajstić information content (AvgIpc) is 2.40. The molecule has 0 aromatic heterocycles. The van der Waals surface area contributed by atoms with Gasteiger partial charge in [0.2, 0.25) is 5.91 Å². The first kappa shape index (κ1) is 14.1. The van der Waals surface area contributed by atoms with E-state index in [0.29, 0.717) is 38.3 Å². The van der Waals surface area contributed by atoms with E-state index in [9.17, 15) is 9.90 Å². The van der Waals surface area contributed by atoms with E-state index < -0.39 is 0 Å². The highest BCUT2D eigenvalue weighted by atomic mass is 16.3. The van der Waals surface area contributed by atoms with E-state index in [-0.39, 0.29) is 12.0 Å². The Bertz CT molecular complexity index is 417. The lowest BCUT2D eigenvalue weighted by molar-refractivity contribution is -0.132. The summed E-state index contributed by atoms with van der Waals surface area (Å²) in [6.07, 6.45) is 1.65. The lowest BCUT2D eigenvalue weighted by Crippen LogP contribution is -2.40. The predicted molar refractivity (Wildman–Crippen MR) is 76.1 cm³/mol. The number of piperidine rings is 1. The molecule has 0 radical (unpaired) electrons.